The molecular weight excluding hydrogens is 385 g/mol. The molecule has 1 saturated heterocycles. The molecule has 0 saturated carbocycles. The first-order valence-electron chi connectivity index (χ1n) is 9.03. The van der Waals surface area contributed by atoms with Gasteiger partial charge in [0.2, 0.25) is 11.9 Å². The van der Waals surface area contributed by atoms with Crippen LogP contribution in [0.3, 0.4) is 0 Å². The summed E-state index contributed by atoms with van der Waals surface area (Å²) >= 11 is 0. The quantitative estimate of drug-likeness (QED) is 0.824. The van der Waals surface area contributed by atoms with Crippen molar-refractivity contribution in [2.24, 2.45) is 0 Å². The monoisotopic (exact) mass is 404 g/mol. The lowest BCUT2D eigenvalue weighted by atomic mass is 10.1. The standard InChI is InChI=1S/C19H19F3N6O/c20-19(21,22)15-12-14(13-23)2-3-16(15)24-7-4-17(29)27-8-10-28(11-9-27)18-25-5-1-6-26-18/h1-3,5-6,12,24H,4,7-11H2. The van der Waals surface area contributed by atoms with Crippen molar-refractivity contribution in [3.8, 4) is 6.07 Å². The third-order valence-electron chi connectivity index (χ3n) is 4.58. The zero-order valence-electron chi connectivity index (χ0n) is 15.5. The highest BCUT2D eigenvalue weighted by atomic mass is 19.4. The summed E-state index contributed by atoms with van der Waals surface area (Å²) in [5.74, 6) is 0.482. The van der Waals surface area contributed by atoms with Crippen molar-refractivity contribution in [1.82, 2.24) is 14.9 Å². The van der Waals surface area contributed by atoms with Crippen LogP contribution in [0.15, 0.2) is 36.7 Å². The molecule has 0 spiro atoms. The summed E-state index contributed by atoms with van der Waals surface area (Å²) in [6, 6.07) is 6.75. The first-order valence-corrected chi connectivity index (χ1v) is 9.03. The molecule has 29 heavy (non-hydrogen) atoms. The van der Waals surface area contributed by atoms with E-state index in [9.17, 15) is 18.0 Å². The largest absolute Gasteiger partial charge is 0.418 e. The van der Waals surface area contributed by atoms with Gasteiger partial charge in [-0.25, -0.2) is 9.97 Å². The van der Waals surface area contributed by atoms with Gasteiger partial charge in [0.05, 0.1) is 17.2 Å². The van der Waals surface area contributed by atoms with Gasteiger partial charge in [0.1, 0.15) is 0 Å². The first kappa shape index (κ1) is 20.4. The van der Waals surface area contributed by atoms with E-state index in [0.29, 0.717) is 32.1 Å². The summed E-state index contributed by atoms with van der Waals surface area (Å²) in [6.07, 6.45) is -1.21. The third kappa shape index (κ3) is 5.13. The van der Waals surface area contributed by atoms with Crippen LogP contribution >= 0.6 is 0 Å². The average Bonchev–Trinajstić information content (AvgIpc) is 2.74. The molecule has 1 fully saturated rings. The number of hydrogen-bond acceptors (Lipinski definition) is 6. The zero-order chi connectivity index (χ0) is 20.9. The molecule has 1 aromatic carbocycles. The van der Waals surface area contributed by atoms with Crippen LogP contribution in [0.4, 0.5) is 24.8 Å². The molecule has 0 bridgehead atoms. The molecular formula is C19H19F3N6O. The SMILES string of the molecule is N#Cc1ccc(NCCC(=O)N2CCN(c3ncccn3)CC2)c(C(F)(F)F)c1. The molecule has 7 nitrogen and oxygen atoms in total. The van der Waals surface area contributed by atoms with E-state index >= 15 is 0 Å². The van der Waals surface area contributed by atoms with Crippen molar-refractivity contribution in [2.75, 3.05) is 42.9 Å². The van der Waals surface area contributed by atoms with E-state index in [-0.39, 0.29) is 30.1 Å². The van der Waals surface area contributed by atoms with Gasteiger partial charge in [-0.3, -0.25) is 4.79 Å². The maximum Gasteiger partial charge on any atom is 0.418 e. The molecule has 10 heteroatoms. The van der Waals surface area contributed by atoms with Gasteiger partial charge in [-0.05, 0) is 24.3 Å². The van der Waals surface area contributed by atoms with E-state index < -0.39 is 11.7 Å². The van der Waals surface area contributed by atoms with Crippen LogP contribution < -0.4 is 10.2 Å². The Hall–Kier alpha value is -3.35. The summed E-state index contributed by atoms with van der Waals surface area (Å²) in [7, 11) is 0. The van der Waals surface area contributed by atoms with Crippen LogP contribution in [-0.4, -0.2) is 53.5 Å². The number of amides is 1. The second-order valence-corrected chi connectivity index (χ2v) is 6.46. The summed E-state index contributed by atoms with van der Waals surface area (Å²) in [4.78, 5) is 24.4. The van der Waals surface area contributed by atoms with E-state index in [1.807, 2.05) is 4.90 Å². The number of hydrogen-bond donors (Lipinski definition) is 1. The predicted octanol–water partition coefficient (Wildman–Crippen LogP) is 2.52. The highest BCUT2D eigenvalue weighted by molar-refractivity contribution is 5.77. The van der Waals surface area contributed by atoms with Gasteiger partial charge < -0.3 is 15.1 Å². The van der Waals surface area contributed by atoms with Gasteiger partial charge in [-0.2, -0.15) is 18.4 Å². The van der Waals surface area contributed by atoms with Crippen molar-refractivity contribution in [1.29, 1.82) is 5.26 Å². The molecule has 152 valence electrons. The Balaban J connectivity index is 1.52. The number of nitrogens with zero attached hydrogens (tertiary/aromatic N) is 5. The minimum absolute atomic E-state index is 0.0653. The number of nitriles is 1. The Labute approximate surface area is 165 Å². The third-order valence-corrected chi connectivity index (χ3v) is 4.58. The number of rotatable bonds is 5. The highest BCUT2D eigenvalue weighted by Gasteiger charge is 2.34. The number of anilines is 2. The second kappa shape index (κ2) is 8.77. The fourth-order valence-electron chi connectivity index (χ4n) is 3.08. The predicted molar refractivity (Wildman–Crippen MR) is 100 cm³/mol. The molecule has 2 aromatic rings. The lowest BCUT2D eigenvalue weighted by Crippen LogP contribution is -2.49. The number of nitrogens with one attached hydrogen (secondary N) is 1. The summed E-state index contributed by atoms with van der Waals surface area (Å²) in [6.45, 7) is 2.26. The first-order chi connectivity index (χ1) is 13.9. The van der Waals surface area contributed by atoms with Crippen LogP contribution in [0.25, 0.3) is 0 Å². The number of halogens is 3. The molecule has 1 aliphatic heterocycles. The molecule has 3 rings (SSSR count). The average molecular weight is 404 g/mol. The molecule has 2 heterocycles. The summed E-state index contributed by atoms with van der Waals surface area (Å²) in [5, 5.41) is 11.5. The van der Waals surface area contributed by atoms with Crippen molar-refractivity contribution in [3.63, 3.8) is 0 Å². The fraction of sp³-hybridized carbons (Fsp3) is 0.368. The van der Waals surface area contributed by atoms with E-state index in [1.165, 1.54) is 12.1 Å². The maximum absolute atomic E-state index is 13.2. The van der Waals surface area contributed by atoms with Gasteiger partial charge >= 0.3 is 6.18 Å². The number of alkyl halides is 3. The van der Waals surface area contributed by atoms with Gasteiger partial charge in [0.15, 0.2) is 0 Å². The van der Waals surface area contributed by atoms with Crippen molar-refractivity contribution >= 4 is 17.5 Å². The molecule has 1 N–H and O–H groups in total. The van der Waals surface area contributed by atoms with Crippen molar-refractivity contribution in [2.45, 2.75) is 12.6 Å². The molecule has 0 aliphatic carbocycles. The van der Waals surface area contributed by atoms with Crippen LogP contribution in [0.2, 0.25) is 0 Å². The molecule has 0 atom stereocenters. The molecule has 0 radical (unpaired) electrons. The Morgan fingerprint density at radius 2 is 1.86 bits per heavy atom. The van der Waals surface area contributed by atoms with Crippen LogP contribution in [0.5, 0.6) is 0 Å². The Kier molecular flexibility index (Phi) is 6.16. The minimum Gasteiger partial charge on any atom is -0.384 e. The zero-order valence-corrected chi connectivity index (χ0v) is 15.5. The van der Waals surface area contributed by atoms with Gasteiger partial charge in [-0.15, -0.1) is 0 Å². The maximum atomic E-state index is 13.2. The van der Waals surface area contributed by atoms with Gasteiger partial charge in [0, 0.05) is 57.2 Å². The lowest BCUT2D eigenvalue weighted by Gasteiger charge is -2.34. The lowest BCUT2D eigenvalue weighted by molar-refractivity contribution is -0.137. The Morgan fingerprint density at radius 3 is 2.48 bits per heavy atom. The molecule has 1 aliphatic rings. The van der Waals surface area contributed by atoms with E-state index in [2.05, 4.69) is 15.3 Å². The smallest absolute Gasteiger partial charge is 0.384 e. The Bertz CT molecular complexity index is 889. The molecule has 0 unspecified atom stereocenters. The summed E-state index contributed by atoms with van der Waals surface area (Å²) < 4.78 is 39.5. The van der Waals surface area contributed by atoms with E-state index in [0.717, 1.165) is 6.07 Å². The fourth-order valence-corrected chi connectivity index (χ4v) is 3.08. The van der Waals surface area contributed by atoms with Crippen LogP contribution in [0.1, 0.15) is 17.5 Å². The topological polar surface area (TPSA) is 85.2 Å². The second-order valence-electron chi connectivity index (χ2n) is 6.46. The highest BCUT2D eigenvalue weighted by Crippen LogP contribution is 2.35. The number of aromatic nitrogens is 2. The van der Waals surface area contributed by atoms with Crippen LogP contribution in [0, 0.1) is 11.3 Å². The minimum atomic E-state index is -4.59. The number of carbonyl (C=O) groups excluding carboxylic acids is 1. The van der Waals surface area contributed by atoms with Crippen molar-refractivity contribution in [3.05, 3.63) is 47.8 Å². The van der Waals surface area contributed by atoms with E-state index in [1.54, 1.807) is 29.4 Å². The number of piperazine rings is 1. The van der Waals surface area contributed by atoms with Gasteiger partial charge in [0.25, 0.3) is 0 Å². The van der Waals surface area contributed by atoms with Gasteiger partial charge in [-0.1, -0.05) is 0 Å². The normalized spacial score (nSPS) is 14.4. The number of benzene rings is 1. The van der Waals surface area contributed by atoms with E-state index in [4.69, 9.17) is 5.26 Å². The Morgan fingerprint density at radius 1 is 1.17 bits per heavy atom. The van der Waals surface area contributed by atoms with Crippen molar-refractivity contribution < 1.29 is 18.0 Å². The molecule has 1 amide bonds. The molecule has 1 aromatic heterocycles. The number of carbonyl (C=O) groups is 1. The van der Waals surface area contributed by atoms with Crippen LogP contribution in [-0.2, 0) is 11.0 Å². The summed E-state index contributed by atoms with van der Waals surface area (Å²) in [5.41, 5.74) is -1.13.